The van der Waals surface area contributed by atoms with Gasteiger partial charge in [0.1, 0.15) is 18.3 Å². The highest BCUT2D eigenvalue weighted by Gasteiger charge is 2.46. The number of rotatable bonds is 58. The molecule has 17 nitrogen and oxygen atoms in total. The van der Waals surface area contributed by atoms with E-state index in [1.807, 2.05) is 0 Å². The molecule has 1 saturated heterocycles. The van der Waals surface area contributed by atoms with E-state index >= 15 is 0 Å². The third kappa shape index (κ3) is 41.4. The number of aliphatic hydroxyl groups excluding tert-OH is 1. The Labute approximate surface area is 531 Å². The molecule has 0 radical (unpaired) electrons. The SMILES string of the molecule is CCCCCC=CCC=CCCCCCCCCC1(CCCCCCCCC=CCC=CCCCCC)OC(CCOCCCCCCNC(=O)c2ccc(C(O)NCCCCC(NC(=O)NC(CCC(=O)O)C(=O)O)C(=O)O)cc2)C(CCN(C)C)O1. The summed E-state index contributed by atoms with van der Waals surface area (Å²) in [5, 5.41) is 48.6. The van der Waals surface area contributed by atoms with Crippen molar-refractivity contribution in [2.45, 2.75) is 288 Å². The van der Waals surface area contributed by atoms with Gasteiger partial charge in [-0.2, -0.15) is 0 Å². The van der Waals surface area contributed by atoms with Gasteiger partial charge in [-0.1, -0.05) is 164 Å². The van der Waals surface area contributed by atoms with Crippen molar-refractivity contribution in [1.29, 1.82) is 0 Å². The van der Waals surface area contributed by atoms with Crippen LogP contribution in [0.5, 0.6) is 0 Å². The van der Waals surface area contributed by atoms with Crippen molar-refractivity contribution in [2.24, 2.45) is 0 Å². The summed E-state index contributed by atoms with van der Waals surface area (Å²) >= 11 is 0. The number of carbonyl (C=O) groups excluding carboxylic acids is 2. The summed E-state index contributed by atoms with van der Waals surface area (Å²) in [5.74, 6) is -4.69. The number of amides is 3. The second kappa shape index (κ2) is 52.8. The first-order chi connectivity index (χ1) is 42.7. The fourth-order valence-corrected chi connectivity index (χ4v) is 10.8. The van der Waals surface area contributed by atoms with E-state index in [2.05, 4.69) is 103 Å². The normalized spacial score (nSPS) is 17.2. The van der Waals surface area contributed by atoms with Crippen LogP contribution in [-0.4, -0.2) is 132 Å². The van der Waals surface area contributed by atoms with Crippen LogP contribution in [0.2, 0.25) is 0 Å². The first-order valence-corrected chi connectivity index (χ1v) is 34.4. The summed E-state index contributed by atoms with van der Waals surface area (Å²) in [5.41, 5.74) is 1.03. The van der Waals surface area contributed by atoms with Crippen molar-refractivity contribution in [1.82, 2.24) is 26.2 Å². The Bertz CT molecular complexity index is 2030. The topological polar surface area (TPSA) is 245 Å². The Balaban J connectivity index is 1.76. The van der Waals surface area contributed by atoms with E-state index in [0.717, 1.165) is 83.6 Å². The second-order valence-electron chi connectivity index (χ2n) is 24.4. The third-order valence-corrected chi connectivity index (χ3v) is 16.2. The number of carboxylic acid groups (broad SMARTS) is 3. The Morgan fingerprint density at radius 3 is 1.53 bits per heavy atom. The van der Waals surface area contributed by atoms with Crippen LogP contribution >= 0.6 is 0 Å². The summed E-state index contributed by atoms with van der Waals surface area (Å²) < 4.78 is 20.4. The first kappa shape index (κ1) is 79.2. The molecule has 17 heteroatoms. The van der Waals surface area contributed by atoms with Crippen LogP contribution in [-0.2, 0) is 28.6 Å². The van der Waals surface area contributed by atoms with E-state index in [-0.39, 0.29) is 31.0 Å². The maximum atomic E-state index is 12.9. The van der Waals surface area contributed by atoms with E-state index in [0.29, 0.717) is 50.3 Å². The zero-order valence-electron chi connectivity index (χ0n) is 55.0. The molecule has 5 unspecified atom stereocenters. The smallest absolute Gasteiger partial charge is 0.326 e. The number of unbranched alkanes of at least 4 members (excludes halogenated alkanes) is 22. The Morgan fingerprint density at radius 2 is 1.02 bits per heavy atom. The van der Waals surface area contributed by atoms with Gasteiger partial charge in [0.05, 0.1) is 12.2 Å². The van der Waals surface area contributed by atoms with E-state index < -0.39 is 54.5 Å². The molecule has 0 bridgehead atoms. The lowest BCUT2D eigenvalue weighted by Crippen LogP contribution is -2.51. The molecule has 88 heavy (non-hydrogen) atoms. The number of benzene rings is 1. The molecule has 1 aliphatic heterocycles. The van der Waals surface area contributed by atoms with Crippen molar-refractivity contribution >= 4 is 29.8 Å². The summed E-state index contributed by atoms with van der Waals surface area (Å²) in [6, 6.07) is 2.82. The molecular formula is C71H121N5O12. The number of allylic oxidation sites excluding steroid dienone is 8. The van der Waals surface area contributed by atoms with Gasteiger partial charge in [-0.3, -0.25) is 14.9 Å². The van der Waals surface area contributed by atoms with Crippen LogP contribution in [0, 0.1) is 0 Å². The molecule has 1 fully saturated rings. The van der Waals surface area contributed by atoms with Gasteiger partial charge >= 0.3 is 23.9 Å². The van der Waals surface area contributed by atoms with Crippen LogP contribution in [0.25, 0.3) is 0 Å². The van der Waals surface area contributed by atoms with Crippen molar-refractivity contribution < 1.29 is 58.6 Å². The molecule has 0 aliphatic carbocycles. The number of carbonyl (C=O) groups is 5. The van der Waals surface area contributed by atoms with Gasteiger partial charge in [-0.15, -0.1) is 0 Å². The van der Waals surface area contributed by atoms with Gasteiger partial charge in [0.2, 0.25) is 0 Å². The summed E-state index contributed by atoms with van der Waals surface area (Å²) in [6.45, 7) is 7.65. The monoisotopic (exact) mass is 1240 g/mol. The molecular weight excluding hydrogens is 1110 g/mol. The highest BCUT2D eigenvalue weighted by molar-refractivity contribution is 5.94. The van der Waals surface area contributed by atoms with Crippen molar-refractivity contribution in [3.63, 3.8) is 0 Å². The van der Waals surface area contributed by atoms with Gasteiger partial charge in [-0.05, 0) is 167 Å². The number of nitrogens with zero attached hydrogens (tertiary/aromatic N) is 1. The van der Waals surface area contributed by atoms with E-state index in [4.69, 9.17) is 19.3 Å². The van der Waals surface area contributed by atoms with Gasteiger partial charge in [0, 0.05) is 51.1 Å². The molecule has 502 valence electrons. The van der Waals surface area contributed by atoms with Crippen LogP contribution in [0.3, 0.4) is 0 Å². The molecule has 2 rings (SSSR count). The zero-order chi connectivity index (χ0) is 64.1. The molecule has 0 aromatic heterocycles. The Morgan fingerprint density at radius 1 is 0.557 bits per heavy atom. The lowest BCUT2D eigenvalue weighted by Gasteiger charge is -2.29. The fraction of sp³-hybridized carbons (Fsp3) is 0.732. The van der Waals surface area contributed by atoms with Crippen molar-refractivity contribution in [2.75, 3.05) is 46.9 Å². The second-order valence-corrected chi connectivity index (χ2v) is 24.4. The predicted molar refractivity (Wildman–Crippen MR) is 354 cm³/mol. The van der Waals surface area contributed by atoms with Crippen LogP contribution in [0.4, 0.5) is 4.79 Å². The van der Waals surface area contributed by atoms with E-state index in [9.17, 15) is 39.3 Å². The highest BCUT2D eigenvalue weighted by atomic mass is 16.8. The molecule has 1 aromatic rings. The van der Waals surface area contributed by atoms with E-state index in [1.54, 1.807) is 24.3 Å². The molecule has 0 saturated carbocycles. The van der Waals surface area contributed by atoms with Crippen molar-refractivity contribution in [3.05, 3.63) is 84.0 Å². The molecule has 1 aliphatic rings. The number of nitrogens with one attached hydrogen (secondary N) is 4. The lowest BCUT2D eigenvalue weighted by atomic mass is 9.98. The number of aliphatic carboxylic acids is 3. The maximum Gasteiger partial charge on any atom is 0.326 e. The molecule has 1 heterocycles. The minimum atomic E-state index is -1.49. The lowest BCUT2D eigenvalue weighted by molar-refractivity contribution is -0.188. The largest absolute Gasteiger partial charge is 0.481 e. The van der Waals surface area contributed by atoms with Crippen LogP contribution in [0.15, 0.2) is 72.9 Å². The van der Waals surface area contributed by atoms with Gasteiger partial charge in [0.25, 0.3) is 5.91 Å². The van der Waals surface area contributed by atoms with Gasteiger partial charge < -0.3 is 55.5 Å². The van der Waals surface area contributed by atoms with E-state index in [1.165, 1.54) is 128 Å². The molecule has 1 aromatic carbocycles. The third-order valence-electron chi connectivity index (χ3n) is 16.2. The van der Waals surface area contributed by atoms with Gasteiger partial charge in [0.15, 0.2) is 5.79 Å². The van der Waals surface area contributed by atoms with Crippen molar-refractivity contribution in [3.8, 4) is 0 Å². The summed E-state index contributed by atoms with van der Waals surface area (Å²) in [7, 11) is 4.26. The van der Waals surface area contributed by atoms with Crippen LogP contribution in [0.1, 0.15) is 274 Å². The number of aliphatic hydroxyl groups is 1. The highest BCUT2D eigenvalue weighted by Crippen LogP contribution is 2.40. The standard InChI is InChI=1S/C71H121N5O12/c1-5-7-9-11-13-15-17-19-21-23-25-27-29-31-33-38-52-71(53-39-34-32-30-28-26-24-22-20-18-16-14-12-10-8-6-2)87-63(50-56-76(3)4)64(88-71)51-58-86-57-42-36-35-40-54-72-66(79)59-44-46-60(47-45-59)67(80)73-55-41-37-43-61(68(81)82)74-70(85)75-62(69(83)84)48-49-65(77)78/h13-16,19-22,44-47,61-64,67,73,80H,5-12,17-18,23-43,48-58H2,1-4H3,(H,72,79)(H,77,78)(H,81,82)(H,83,84)(H2,74,75,85). The molecule has 0 spiro atoms. The summed E-state index contributed by atoms with van der Waals surface area (Å²) in [6.07, 6.45) is 54.6. The quantitative estimate of drug-likeness (QED) is 0.0172. The Kier molecular flexibility index (Phi) is 47.5. The maximum absolute atomic E-state index is 12.9. The van der Waals surface area contributed by atoms with Crippen LogP contribution < -0.4 is 21.3 Å². The number of hydrogen-bond donors (Lipinski definition) is 8. The number of urea groups is 1. The van der Waals surface area contributed by atoms with Gasteiger partial charge in [-0.25, -0.2) is 14.4 Å². The molecule has 3 amide bonds. The average Bonchev–Trinajstić information content (AvgIpc) is 3.70. The minimum absolute atomic E-state index is 0.0132. The molecule has 8 N–H and O–H groups in total. The number of ether oxygens (including phenoxy) is 3. The predicted octanol–water partition coefficient (Wildman–Crippen LogP) is 15.0. The molecule has 5 atom stereocenters. The Hall–Kier alpha value is -4.91. The summed E-state index contributed by atoms with van der Waals surface area (Å²) in [4.78, 5) is 61.4. The minimum Gasteiger partial charge on any atom is -0.481 e. The number of carboxylic acids is 3. The number of hydrogen-bond acceptors (Lipinski definition) is 11. The zero-order valence-corrected chi connectivity index (χ0v) is 55.0. The fourth-order valence-electron chi connectivity index (χ4n) is 10.8. The average molecular weight is 1240 g/mol. The first-order valence-electron chi connectivity index (χ1n) is 34.4.